The molecule has 3 rings (SSSR count). The maximum Gasteiger partial charge on any atom is 0.192 e. The molecule has 0 aromatic heterocycles. The number of guanidine groups is 1. The average molecular weight is 310 g/mol. The average Bonchev–Trinajstić information content (AvgIpc) is 3.11. The van der Waals surface area contributed by atoms with Gasteiger partial charge in [0.25, 0.3) is 0 Å². The molecule has 0 spiro atoms. The van der Waals surface area contributed by atoms with E-state index in [1.165, 1.54) is 0 Å². The maximum absolute atomic E-state index is 6.39. The summed E-state index contributed by atoms with van der Waals surface area (Å²) in [5, 5.41) is 0.682. The summed E-state index contributed by atoms with van der Waals surface area (Å²) in [6.45, 7) is 2.17. The molecule has 6 heteroatoms. The van der Waals surface area contributed by atoms with Crippen LogP contribution in [0.4, 0.5) is 0 Å². The standard InChI is InChI=1S/C15H20ClN3O2/c1-20-13-6-2-5-11(16)14(13)12-8-18-15(17)19(12)9-10-4-3-7-21-10/h2,5-6,10,12H,3-4,7-9H2,1H3,(H2,17,18). The molecule has 1 saturated heterocycles. The third-order valence-corrected chi connectivity index (χ3v) is 4.42. The third-order valence-electron chi connectivity index (χ3n) is 4.09. The van der Waals surface area contributed by atoms with E-state index in [2.05, 4.69) is 9.89 Å². The lowest BCUT2D eigenvalue weighted by atomic mass is 10.0. The van der Waals surface area contributed by atoms with Crippen LogP contribution in [0.2, 0.25) is 5.02 Å². The topological polar surface area (TPSA) is 60.1 Å². The Morgan fingerprint density at radius 1 is 1.52 bits per heavy atom. The van der Waals surface area contributed by atoms with Crippen LogP contribution in [0, 0.1) is 0 Å². The van der Waals surface area contributed by atoms with E-state index in [4.69, 9.17) is 26.8 Å². The fourth-order valence-electron chi connectivity index (χ4n) is 3.02. The number of nitrogens with zero attached hydrogens (tertiary/aromatic N) is 2. The fourth-order valence-corrected chi connectivity index (χ4v) is 3.32. The van der Waals surface area contributed by atoms with E-state index in [9.17, 15) is 0 Å². The Morgan fingerprint density at radius 3 is 3.10 bits per heavy atom. The SMILES string of the molecule is COc1cccc(Cl)c1C1CN=C(N)N1CC1CCCO1. The highest BCUT2D eigenvalue weighted by Crippen LogP contribution is 2.37. The molecule has 2 unspecified atom stereocenters. The van der Waals surface area contributed by atoms with E-state index < -0.39 is 0 Å². The molecular formula is C15H20ClN3O2. The predicted octanol–water partition coefficient (Wildman–Crippen LogP) is 2.20. The Kier molecular flexibility index (Phi) is 4.22. The van der Waals surface area contributed by atoms with Gasteiger partial charge in [0, 0.05) is 23.7 Å². The van der Waals surface area contributed by atoms with Crippen molar-refractivity contribution in [3.63, 3.8) is 0 Å². The van der Waals surface area contributed by atoms with Crippen molar-refractivity contribution < 1.29 is 9.47 Å². The van der Waals surface area contributed by atoms with E-state index in [0.29, 0.717) is 17.5 Å². The van der Waals surface area contributed by atoms with Crippen molar-refractivity contribution in [3.05, 3.63) is 28.8 Å². The van der Waals surface area contributed by atoms with E-state index in [1.54, 1.807) is 7.11 Å². The molecule has 2 N–H and O–H groups in total. The summed E-state index contributed by atoms with van der Waals surface area (Å²) in [6, 6.07) is 5.68. The molecule has 114 valence electrons. The van der Waals surface area contributed by atoms with Gasteiger partial charge >= 0.3 is 0 Å². The number of aliphatic imine (C=N–C) groups is 1. The second-order valence-corrected chi connectivity index (χ2v) is 5.77. The molecule has 0 radical (unpaired) electrons. The zero-order valence-corrected chi connectivity index (χ0v) is 12.8. The van der Waals surface area contributed by atoms with Gasteiger partial charge < -0.3 is 20.1 Å². The second kappa shape index (κ2) is 6.12. The lowest BCUT2D eigenvalue weighted by Gasteiger charge is -2.30. The van der Waals surface area contributed by atoms with Gasteiger partial charge in [-0.05, 0) is 25.0 Å². The van der Waals surface area contributed by atoms with Crippen LogP contribution < -0.4 is 10.5 Å². The summed E-state index contributed by atoms with van der Waals surface area (Å²) in [5.74, 6) is 1.33. The van der Waals surface area contributed by atoms with Crippen molar-refractivity contribution in [2.75, 3.05) is 26.8 Å². The minimum Gasteiger partial charge on any atom is -0.496 e. The van der Waals surface area contributed by atoms with E-state index in [0.717, 1.165) is 37.3 Å². The molecule has 2 atom stereocenters. The van der Waals surface area contributed by atoms with Gasteiger partial charge in [0.05, 0.1) is 25.8 Å². The van der Waals surface area contributed by atoms with Crippen molar-refractivity contribution >= 4 is 17.6 Å². The third kappa shape index (κ3) is 2.80. The largest absolute Gasteiger partial charge is 0.496 e. The molecule has 5 nitrogen and oxygen atoms in total. The van der Waals surface area contributed by atoms with Gasteiger partial charge in [0.2, 0.25) is 0 Å². The number of hydrogen-bond acceptors (Lipinski definition) is 5. The molecule has 0 saturated carbocycles. The fraction of sp³-hybridized carbons (Fsp3) is 0.533. The van der Waals surface area contributed by atoms with Crippen molar-refractivity contribution in [1.82, 2.24) is 4.90 Å². The van der Waals surface area contributed by atoms with Gasteiger partial charge in [-0.1, -0.05) is 17.7 Å². The molecule has 0 aliphatic carbocycles. The quantitative estimate of drug-likeness (QED) is 0.926. The molecule has 1 aromatic carbocycles. The molecule has 1 fully saturated rings. The summed E-state index contributed by atoms with van der Waals surface area (Å²) in [5.41, 5.74) is 7.01. The molecular weight excluding hydrogens is 290 g/mol. The predicted molar refractivity (Wildman–Crippen MR) is 82.9 cm³/mol. The Bertz CT molecular complexity index is 544. The molecule has 2 aliphatic heterocycles. The van der Waals surface area contributed by atoms with Crippen LogP contribution in [0.3, 0.4) is 0 Å². The first-order chi connectivity index (χ1) is 10.2. The number of ether oxygens (including phenoxy) is 2. The molecule has 2 aliphatic rings. The van der Waals surface area contributed by atoms with Crippen LogP contribution >= 0.6 is 11.6 Å². The summed E-state index contributed by atoms with van der Waals surface area (Å²) >= 11 is 6.39. The van der Waals surface area contributed by atoms with Crippen LogP contribution in [0.25, 0.3) is 0 Å². The van der Waals surface area contributed by atoms with E-state index in [-0.39, 0.29) is 12.1 Å². The van der Waals surface area contributed by atoms with Crippen molar-refractivity contribution in [1.29, 1.82) is 0 Å². The van der Waals surface area contributed by atoms with Gasteiger partial charge in [-0.15, -0.1) is 0 Å². The Hall–Kier alpha value is -1.46. The Morgan fingerprint density at radius 2 is 2.38 bits per heavy atom. The van der Waals surface area contributed by atoms with E-state index >= 15 is 0 Å². The number of methoxy groups -OCH3 is 1. The number of rotatable bonds is 4. The number of hydrogen-bond donors (Lipinski definition) is 1. The van der Waals surface area contributed by atoms with Gasteiger partial charge in [-0.25, -0.2) is 0 Å². The first-order valence-electron chi connectivity index (χ1n) is 7.21. The second-order valence-electron chi connectivity index (χ2n) is 5.36. The Balaban J connectivity index is 1.87. The van der Waals surface area contributed by atoms with Gasteiger partial charge in [0.15, 0.2) is 5.96 Å². The summed E-state index contributed by atoms with van der Waals surface area (Å²) in [4.78, 5) is 6.47. The highest BCUT2D eigenvalue weighted by atomic mass is 35.5. The summed E-state index contributed by atoms with van der Waals surface area (Å²) < 4.78 is 11.2. The minimum atomic E-state index is 0.0119. The maximum atomic E-state index is 6.39. The molecule has 0 bridgehead atoms. The van der Waals surface area contributed by atoms with Crippen LogP contribution in [-0.4, -0.2) is 43.8 Å². The van der Waals surface area contributed by atoms with Crippen molar-refractivity contribution in [2.24, 2.45) is 10.7 Å². The summed E-state index contributed by atoms with van der Waals surface area (Å²) in [7, 11) is 1.65. The highest BCUT2D eigenvalue weighted by molar-refractivity contribution is 6.31. The highest BCUT2D eigenvalue weighted by Gasteiger charge is 2.33. The lowest BCUT2D eigenvalue weighted by Crippen LogP contribution is -2.41. The number of benzene rings is 1. The summed E-state index contributed by atoms with van der Waals surface area (Å²) in [6.07, 6.45) is 2.39. The molecule has 21 heavy (non-hydrogen) atoms. The Labute approximate surface area is 129 Å². The van der Waals surface area contributed by atoms with Crippen LogP contribution in [-0.2, 0) is 4.74 Å². The van der Waals surface area contributed by atoms with Gasteiger partial charge in [-0.3, -0.25) is 4.99 Å². The van der Waals surface area contributed by atoms with Crippen molar-refractivity contribution in [2.45, 2.75) is 25.0 Å². The van der Waals surface area contributed by atoms with Crippen LogP contribution in [0.1, 0.15) is 24.4 Å². The van der Waals surface area contributed by atoms with E-state index in [1.807, 2.05) is 18.2 Å². The smallest absolute Gasteiger partial charge is 0.192 e. The zero-order chi connectivity index (χ0) is 14.8. The normalized spacial score (nSPS) is 25.2. The first kappa shape index (κ1) is 14.5. The zero-order valence-electron chi connectivity index (χ0n) is 12.1. The molecule has 0 amide bonds. The van der Waals surface area contributed by atoms with Gasteiger partial charge in [-0.2, -0.15) is 0 Å². The first-order valence-corrected chi connectivity index (χ1v) is 7.59. The molecule has 2 heterocycles. The number of halogens is 1. The molecule has 1 aromatic rings. The monoisotopic (exact) mass is 309 g/mol. The van der Waals surface area contributed by atoms with Crippen molar-refractivity contribution in [3.8, 4) is 5.75 Å². The van der Waals surface area contributed by atoms with Gasteiger partial charge in [0.1, 0.15) is 5.75 Å². The number of nitrogens with two attached hydrogens (primary N) is 1. The minimum absolute atomic E-state index is 0.0119. The lowest BCUT2D eigenvalue weighted by molar-refractivity contribution is 0.0850. The van der Waals surface area contributed by atoms with Crippen LogP contribution in [0.5, 0.6) is 5.75 Å². The van der Waals surface area contributed by atoms with Crippen LogP contribution in [0.15, 0.2) is 23.2 Å².